The molecule has 7 heteroatoms. The molecule has 1 N–H and O–H groups in total. The fourth-order valence-electron chi connectivity index (χ4n) is 3.10. The minimum atomic E-state index is -0.226. The van der Waals surface area contributed by atoms with Crippen molar-refractivity contribution < 1.29 is 14.3 Å². The van der Waals surface area contributed by atoms with E-state index in [0.29, 0.717) is 11.3 Å². The molecular weight excluding hydrogens is 368 g/mol. The quantitative estimate of drug-likeness (QED) is 0.594. The molecule has 0 fully saturated rings. The molecule has 0 aliphatic heterocycles. The summed E-state index contributed by atoms with van der Waals surface area (Å²) in [6.07, 6.45) is 3.72. The van der Waals surface area contributed by atoms with Gasteiger partial charge in [0, 0.05) is 35.9 Å². The molecule has 7 nitrogen and oxygen atoms in total. The Bertz CT molecular complexity index is 981. The van der Waals surface area contributed by atoms with Crippen molar-refractivity contribution >= 4 is 11.7 Å². The van der Waals surface area contributed by atoms with E-state index in [9.17, 15) is 9.59 Å². The zero-order chi connectivity index (χ0) is 20.8. The summed E-state index contributed by atoms with van der Waals surface area (Å²) in [7, 11) is 1.57. The molecule has 0 radical (unpaired) electrons. The lowest BCUT2D eigenvalue weighted by Crippen LogP contribution is -2.27. The Kier molecular flexibility index (Phi) is 6.39. The van der Waals surface area contributed by atoms with Crippen LogP contribution in [0.25, 0.3) is 5.82 Å². The molecule has 0 bridgehead atoms. The first-order valence-corrected chi connectivity index (χ1v) is 9.42. The summed E-state index contributed by atoms with van der Waals surface area (Å²) in [5.74, 6) is 1.16. The third kappa shape index (κ3) is 4.87. The van der Waals surface area contributed by atoms with Crippen molar-refractivity contribution in [3.63, 3.8) is 0 Å². The first-order chi connectivity index (χ1) is 14.0. The fraction of sp³-hybridized carbons (Fsp3) is 0.273. The van der Waals surface area contributed by atoms with Crippen molar-refractivity contribution in [3.8, 4) is 11.6 Å². The number of ether oxygens (including phenoxy) is 1. The Morgan fingerprint density at radius 3 is 2.55 bits per heavy atom. The summed E-state index contributed by atoms with van der Waals surface area (Å²) in [6.45, 7) is 3.84. The molecule has 0 aliphatic carbocycles. The maximum atomic E-state index is 12.3. The highest BCUT2D eigenvalue weighted by atomic mass is 16.5. The SMILES string of the molecule is COc1ccc(C(=O)CCC(=O)N[C@@H](C)c2cnn(-c3ccccn3)c2C)cc1. The molecule has 1 amide bonds. The first kappa shape index (κ1) is 20.3. The zero-order valence-corrected chi connectivity index (χ0v) is 16.8. The number of rotatable bonds is 8. The number of benzene rings is 1. The third-order valence-electron chi connectivity index (χ3n) is 4.75. The fourth-order valence-corrected chi connectivity index (χ4v) is 3.10. The Morgan fingerprint density at radius 1 is 1.14 bits per heavy atom. The van der Waals surface area contributed by atoms with E-state index >= 15 is 0 Å². The minimum absolute atomic E-state index is 0.0744. The van der Waals surface area contributed by atoms with Crippen LogP contribution in [0.15, 0.2) is 54.9 Å². The number of methoxy groups -OCH3 is 1. The predicted octanol–water partition coefficient (Wildman–Crippen LogP) is 3.42. The minimum Gasteiger partial charge on any atom is -0.497 e. The number of pyridine rings is 1. The van der Waals surface area contributed by atoms with Crippen LogP contribution < -0.4 is 10.1 Å². The lowest BCUT2D eigenvalue weighted by atomic mass is 10.1. The average Bonchev–Trinajstić information content (AvgIpc) is 3.14. The van der Waals surface area contributed by atoms with Gasteiger partial charge in [-0.05, 0) is 50.2 Å². The Morgan fingerprint density at radius 2 is 1.90 bits per heavy atom. The third-order valence-corrected chi connectivity index (χ3v) is 4.75. The van der Waals surface area contributed by atoms with Gasteiger partial charge in [0.25, 0.3) is 0 Å². The van der Waals surface area contributed by atoms with Gasteiger partial charge in [-0.1, -0.05) is 6.07 Å². The van der Waals surface area contributed by atoms with Crippen LogP contribution in [0, 0.1) is 6.92 Å². The Labute approximate surface area is 169 Å². The highest BCUT2D eigenvalue weighted by Crippen LogP contribution is 2.19. The summed E-state index contributed by atoms with van der Waals surface area (Å²) in [6, 6.07) is 12.3. The van der Waals surface area contributed by atoms with Gasteiger partial charge in [-0.15, -0.1) is 0 Å². The lowest BCUT2D eigenvalue weighted by Gasteiger charge is -2.14. The zero-order valence-electron chi connectivity index (χ0n) is 16.8. The normalized spacial score (nSPS) is 11.7. The van der Waals surface area contributed by atoms with Gasteiger partial charge in [-0.3, -0.25) is 9.59 Å². The molecule has 2 aromatic heterocycles. The number of ketones is 1. The number of aromatic nitrogens is 3. The van der Waals surface area contributed by atoms with Crippen molar-refractivity contribution in [1.82, 2.24) is 20.1 Å². The van der Waals surface area contributed by atoms with E-state index in [2.05, 4.69) is 15.4 Å². The summed E-state index contributed by atoms with van der Waals surface area (Å²) < 4.78 is 6.83. The molecule has 0 aliphatic rings. The van der Waals surface area contributed by atoms with Crippen molar-refractivity contribution in [1.29, 1.82) is 0 Å². The van der Waals surface area contributed by atoms with Gasteiger partial charge in [-0.25, -0.2) is 9.67 Å². The molecule has 150 valence electrons. The van der Waals surface area contributed by atoms with Crippen LogP contribution in [0.2, 0.25) is 0 Å². The van der Waals surface area contributed by atoms with Crippen LogP contribution in [0.5, 0.6) is 5.75 Å². The maximum Gasteiger partial charge on any atom is 0.220 e. The predicted molar refractivity (Wildman–Crippen MR) is 109 cm³/mol. The smallest absolute Gasteiger partial charge is 0.220 e. The van der Waals surface area contributed by atoms with Crippen LogP contribution in [-0.2, 0) is 4.79 Å². The van der Waals surface area contributed by atoms with Crippen molar-refractivity contribution in [2.24, 2.45) is 0 Å². The Balaban J connectivity index is 1.56. The molecule has 3 rings (SSSR count). The summed E-state index contributed by atoms with van der Waals surface area (Å²) >= 11 is 0. The molecule has 1 atom stereocenters. The highest BCUT2D eigenvalue weighted by Gasteiger charge is 2.17. The molecule has 3 aromatic rings. The van der Waals surface area contributed by atoms with Gasteiger partial charge in [0.05, 0.1) is 19.3 Å². The number of carbonyl (C=O) groups is 2. The largest absolute Gasteiger partial charge is 0.497 e. The summed E-state index contributed by atoms with van der Waals surface area (Å²) in [4.78, 5) is 28.9. The summed E-state index contributed by atoms with van der Waals surface area (Å²) in [5, 5.41) is 7.32. The van der Waals surface area contributed by atoms with E-state index in [0.717, 1.165) is 17.1 Å². The topological polar surface area (TPSA) is 86.1 Å². The molecular formula is C22H24N4O3. The van der Waals surface area contributed by atoms with Crippen LogP contribution >= 0.6 is 0 Å². The van der Waals surface area contributed by atoms with E-state index in [-0.39, 0.29) is 30.6 Å². The second-order valence-electron chi connectivity index (χ2n) is 6.73. The van der Waals surface area contributed by atoms with Gasteiger partial charge in [0.1, 0.15) is 5.75 Å². The van der Waals surface area contributed by atoms with Gasteiger partial charge in [0.2, 0.25) is 5.91 Å². The van der Waals surface area contributed by atoms with E-state index in [1.165, 1.54) is 0 Å². The molecule has 2 heterocycles. The molecule has 0 spiro atoms. The van der Waals surface area contributed by atoms with Gasteiger partial charge < -0.3 is 10.1 Å². The lowest BCUT2D eigenvalue weighted by molar-refractivity contribution is -0.121. The number of nitrogens with zero attached hydrogens (tertiary/aromatic N) is 3. The molecule has 29 heavy (non-hydrogen) atoms. The maximum absolute atomic E-state index is 12.3. The summed E-state index contributed by atoms with van der Waals surface area (Å²) in [5.41, 5.74) is 2.38. The van der Waals surface area contributed by atoms with Gasteiger partial charge in [0.15, 0.2) is 11.6 Å². The number of nitrogens with one attached hydrogen (secondary N) is 1. The van der Waals surface area contributed by atoms with E-state index in [1.807, 2.05) is 32.0 Å². The van der Waals surface area contributed by atoms with Gasteiger partial charge >= 0.3 is 0 Å². The van der Waals surface area contributed by atoms with Crippen LogP contribution in [-0.4, -0.2) is 33.6 Å². The second kappa shape index (κ2) is 9.14. The van der Waals surface area contributed by atoms with E-state index < -0.39 is 0 Å². The number of hydrogen-bond donors (Lipinski definition) is 1. The van der Waals surface area contributed by atoms with E-state index in [1.54, 1.807) is 48.5 Å². The van der Waals surface area contributed by atoms with Crippen molar-refractivity contribution in [3.05, 3.63) is 71.7 Å². The van der Waals surface area contributed by atoms with Crippen LogP contribution in [0.3, 0.4) is 0 Å². The molecule has 0 saturated heterocycles. The van der Waals surface area contributed by atoms with Crippen LogP contribution in [0.1, 0.15) is 47.4 Å². The van der Waals surface area contributed by atoms with E-state index in [4.69, 9.17) is 4.74 Å². The van der Waals surface area contributed by atoms with Crippen LogP contribution in [0.4, 0.5) is 0 Å². The first-order valence-electron chi connectivity index (χ1n) is 9.42. The van der Waals surface area contributed by atoms with Gasteiger partial charge in [-0.2, -0.15) is 5.10 Å². The van der Waals surface area contributed by atoms with Crippen molar-refractivity contribution in [2.45, 2.75) is 32.7 Å². The number of Topliss-reactive ketones (excluding diaryl/α,β-unsaturated/α-hetero) is 1. The molecule has 0 unspecified atom stereocenters. The molecule has 0 saturated carbocycles. The highest BCUT2D eigenvalue weighted by molar-refractivity contribution is 5.98. The van der Waals surface area contributed by atoms with Crippen molar-refractivity contribution in [2.75, 3.05) is 7.11 Å². The average molecular weight is 392 g/mol. The monoisotopic (exact) mass is 392 g/mol. The number of amides is 1. The molecule has 1 aromatic carbocycles. The standard InChI is InChI=1S/C22H24N4O3/c1-15(19-14-24-26(16(19)2)21-6-4-5-13-23-21)25-22(28)12-11-20(27)17-7-9-18(29-3)10-8-17/h4-10,13-15H,11-12H2,1-3H3,(H,25,28)/t15-/m0/s1. The number of carbonyl (C=O) groups excluding carboxylic acids is 2. The Hall–Kier alpha value is -3.48. The second-order valence-corrected chi connectivity index (χ2v) is 6.73. The number of hydrogen-bond acceptors (Lipinski definition) is 5.